The molecule has 0 saturated carbocycles. The van der Waals surface area contributed by atoms with E-state index >= 15 is 0 Å². The van der Waals surface area contributed by atoms with Gasteiger partial charge in [-0.25, -0.2) is 0 Å². The number of pyridine rings is 1. The second kappa shape index (κ2) is 6.88. The number of carbonyl (C=O) groups excluding carboxylic acids is 2. The first-order valence-corrected chi connectivity index (χ1v) is 8.50. The predicted molar refractivity (Wildman–Crippen MR) is 102 cm³/mol. The van der Waals surface area contributed by atoms with Crippen molar-refractivity contribution < 1.29 is 14.7 Å². The number of phenols is 1. The molecule has 1 aliphatic rings. The first kappa shape index (κ1) is 16.7. The molecule has 0 radical (unpaired) electrons. The summed E-state index contributed by atoms with van der Waals surface area (Å²) in [6.07, 6.45) is 3.32. The third kappa shape index (κ3) is 3.22. The summed E-state index contributed by atoms with van der Waals surface area (Å²) in [5.74, 6) is -0.607. The third-order valence-electron chi connectivity index (χ3n) is 4.40. The van der Waals surface area contributed by atoms with Gasteiger partial charge in [-0.3, -0.25) is 19.5 Å². The minimum atomic E-state index is -0.382. The van der Waals surface area contributed by atoms with Crippen molar-refractivity contribution in [1.29, 1.82) is 0 Å². The molecule has 4 rings (SSSR count). The Bertz CT molecular complexity index is 1060. The molecule has 0 saturated heterocycles. The summed E-state index contributed by atoms with van der Waals surface area (Å²) in [4.78, 5) is 31.5. The van der Waals surface area contributed by atoms with Crippen molar-refractivity contribution in [2.24, 2.45) is 0 Å². The molecule has 1 aromatic heterocycles. The SMILES string of the molecule is O=C1/C(=C/c2cccc(O)c2)c2ccccc2C(=O)N1Cc1ccccn1. The lowest BCUT2D eigenvalue weighted by Gasteiger charge is -2.28. The van der Waals surface area contributed by atoms with Crippen LogP contribution in [0.3, 0.4) is 0 Å². The molecule has 0 atom stereocenters. The smallest absolute Gasteiger partial charge is 0.261 e. The van der Waals surface area contributed by atoms with Gasteiger partial charge in [-0.1, -0.05) is 36.4 Å². The van der Waals surface area contributed by atoms with Crippen molar-refractivity contribution in [1.82, 2.24) is 9.88 Å². The molecule has 0 fully saturated rings. The van der Waals surface area contributed by atoms with Crippen LogP contribution >= 0.6 is 0 Å². The summed E-state index contributed by atoms with van der Waals surface area (Å²) < 4.78 is 0. The Kier molecular flexibility index (Phi) is 4.26. The van der Waals surface area contributed by atoms with Crippen molar-refractivity contribution in [2.75, 3.05) is 0 Å². The normalized spacial score (nSPS) is 15.1. The van der Waals surface area contributed by atoms with Gasteiger partial charge in [0.2, 0.25) is 0 Å². The van der Waals surface area contributed by atoms with Gasteiger partial charge in [-0.2, -0.15) is 0 Å². The van der Waals surface area contributed by atoms with E-state index in [1.165, 1.54) is 4.90 Å². The van der Waals surface area contributed by atoms with Crippen LogP contribution in [0.5, 0.6) is 5.75 Å². The minimum Gasteiger partial charge on any atom is -0.508 e. The number of rotatable bonds is 3. The van der Waals surface area contributed by atoms with Crippen LogP contribution in [0.1, 0.15) is 27.2 Å². The molecule has 132 valence electrons. The first-order valence-electron chi connectivity index (χ1n) is 8.50. The number of phenolic OH excluding ortho intramolecular Hbond substituents is 1. The average Bonchev–Trinajstić information content (AvgIpc) is 2.69. The van der Waals surface area contributed by atoms with Crippen LogP contribution in [0.4, 0.5) is 0 Å². The highest BCUT2D eigenvalue weighted by molar-refractivity contribution is 6.33. The maximum absolute atomic E-state index is 13.1. The lowest BCUT2D eigenvalue weighted by atomic mass is 9.92. The Morgan fingerprint density at radius 3 is 2.41 bits per heavy atom. The lowest BCUT2D eigenvalue weighted by molar-refractivity contribution is -0.123. The van der Waals surface area contributed by atoms with Gasteiger partial charge in [0.15, 0.2) is 0 Å². The molecule has 1 N–H and O–H groups in total. The van der Waals surface area contributed by atoms with Gasteiger partial charge in [0.1, 0.15) is 5.75 Å². The van der Waals surface area contributed by atoms with E-state index in [4.69, 9.17) is 0 Å². The van der Waals surface area contributed by atoms with Crippen molar-refractivity contribution in [3.63, 3.8) is 0 Å². The predicted octanol–water partition coefficient (Wildman–Crippen LogP) is 3.51. The molecule has 5 nitrogen and oxygen atoms in total. The van der Waals surface area contributed by atoms with E-state index in [0.717, 1.165) is 0 Å². The summed E-state index contributed by atoms with van der Waals surface area (Å²) in [6.45, 7) is 0.101. The molecule has 2 amide bonds. The van der Waals surface area contributed by atoms with Gasteiger partial charge < -0.3 is 5.11 Å². The van der Waals surface area contributed by atoms with Gasteiger partial charge in [-0.15, -0.1) is 0 Å². The fourth-order valence-electron chi connectivity index (χ4n) is 3.12. The standard InChI is InChI=1S/C22H16N2O3/c25-17-8-5-6-15(12-17)13-20-18-9-1-2-10-19(18)21(26)24(22(20)27)14-16-7-3-4-11-23-16/h1-13,25H,14H2/b20-13+. The van der Waals surface area contributed by atoms with Crippen molar-refractivity contribution in [3.8, 4) is 5.75 Å². The topological polar surface area (TPSA) is 70.5 Å². The van der Waals surface area contributed by atoms with E-state index < -0.39 is 0 Å². The number of amides is 2. The zero-order valence-corrected chi connectivity index (χ0v) is 14.4. The number of fused-ring (bicyclic) bond motifs is 1. The first-order chi connectivity index (χ1) is 13.1. The molecule has 2 heterocycles. The van der Waals surface area contributed by atoms with Crippen LogP contribution in [-0.4, -0.2) is 26.8 Å². The molecule has 0 spiro atoms. The number of imide groups is 1. The number of carbonyl (C=O) groups is 2. The summed E-state index contributed by atoms with van der Waals surface area (Å²) in [6, 6.07) is 19.1. The molecule has 5 heteroatoms. The maximum Gasteiger partial charge on any atom is 0.261 e. The fourth-order valence-corrected chi connectivity index (χ4v) is 3.12. The average molecular weight is 356 g/mol. The summed E-state index contributed by atoms with van der Waals surface area (Å²) >= 11 is 0. The van der Waals surface area contributed by atoms with Crippen molar-refractivity contribution >= 4 is 23.5 Å². The molecule has 0 bridgehead atoms. The fraction of sp³-hybridized carbons (Fsp3) is 0.0455. The van der Waals surface area contributed by atoms with E-state index in [1.807, 2.05) is 6.07 Å². The summed E-state index contributed by atoms with van der Waals surface area (Å²) in [7, 11) is 0. The minimum absolute atomic E-state index is 0.101. The number of benzene rings is 2. The molecule has 3 aromatic rings. The van der Waals surface area contributed by atoms with Crippen LogP contribution < -0.4 is 0 Å². The molecule has 0 unspecified atom stereocenters. The Hall–Kier alpha value is -3.73. The third-order valence-corrected chi connectivity index (χ3v) is 4.40. The monoisotopic (exact) mass is 356 g/mol. The lowest BCUT2D eigenvalue weighted by Crippen LogP contribution is -2.41. The highest BCUT2D eigenvalue weighted by Crippen LogP contribution is 2.31. The van der Waals surface area contributed by atoms with E-state index in [-0.39, 0.29) is 24.1 Å². The quantitative estimate of drug-likeness (QED) is 0.576. The second-order valence-corrected chi connectivity index (χ2v) is 6.22. The van der Waals surface area contributed by atoms with E-state index in [1.54, 1.807) is 72.9 Å². The number of hydrogen-bond acceptors (Lipinski definition) is 4. The van der Waals surface area contributed by atoms with Crippen LogP contribution in [0, 0.1) is 0 Å². The number of aromatic hydroxyl groups is 1. The Morgan fingerprint density at radius 2 is 1.67 bits per heavy atom. The molecule has 0 aliphatic carbocycles. The van der Waals surface area contributed by atoms with E-state index in [0.29, 0.717) is 28.0 Å². The van der Waals surface area contributed by atoms with Crippen LogP contribution in [0.2, 0.25) is 0 Å². The van der Waals surface area contributed by atoms with Gasteiger partial charge in [-0.05, 0) is 47.5 Å². The van der Waals surface area contributed by atoms with Crippen LogP contribution in [-0.2, 0) is 11.3 Å². The number of hydrogen-bond donors (Lipinski definition) is 1. The second-order valence-electron chi connectivity index (χ2n) is 6.22. The zero-order valence-electron chi connectivity index (χ0n) is 14.4. The van der Waals surface area contributed by atoms with Crippen LogP contribution in [0.25, 0.3) is 11.6 Å². The van der Waals surface area contributed by atoms with Gasteiger partial charge >= 0.3 is 0 Å². The van der Waals surface area contributed by atoms with Gasteiger partial charge in [0.25, 0.3) is 11.8 Å². The van der Waals surface area contributed by atoms with Crippen LogP contribution in [0.15, 0.2) is 72.9 Å². The molecule has 1 aliphatic heterocycles. The van der Waals surface area contributed by atoms with Crippen molar-refractivity contribution in [3.05, 3.63) is 95.3 Å². The van der Waals surface area contributed by atoms with Gasteiger partial charge in [0, 0.05) is 17.3 Å². The Morgan fingerprint density at radius 1 is 0.889 bits per heavy atom. The molecular weight excluding hydrogens is 340 g/mol. The Labute approximate surface area is 156 Å². The molecular formula is C22H16N2O3. The maximum atomic E-state index is 13.1. The highest BCUT2D eigenvalue weighted by Gasteiger charge is 2.34. The number of aromatic nitrogens is 1. The molecule has 2 aromatic carbocycles. The molecule has 27 heavy (non-hydrogen) atoms. The summed E-state index contributed by atoms with van der Waals surface area (Å²) in [5.41, 5.74) is 2.79. The number of nitrogens with zero attached hydrogens (tertiary/aromatic N) is 2. The van der Waals surface area contributed by atoms with Gasteiger partial charge in [0.05, 0.1) is 12.2 Å². The van der Waals surface area contributed by atoms with E-state index in [2.05, 4.69) is 4.98 Å². The highest BCUT2D eigenvalue weighted by atomic mass is 16.3. The zero-order chi connectivity index (χ0) is 18.8. The van der Waals surface area contributed by atoms with Crippen molar-refractivity contribution in [2.45, 2.75) is 6.54 Å². The Balaban J connectivity index is 1.81. The largest absolute Gasteiger partial charge is 0.508 e. The summed E-state index contributed by atoms with van der Waals surface area (Å²) in [5, 5.41) is 9.71. The van der Waals surface area contributed by atoms with E-state index in [9.17, 15) is 14.7 Å².